The molecule has 1 rings (SSSR count). The zero-order chi connectivity index (χ0) is 9.30. The highest BCUT2D eigenvalue weighted by Crippen LogP contribution is 2.22. The van der Waals surface area contributed by atoms with Crippen molar-refractivity contribution in [3.05, 3.63) is 34.4 Å². The van der Waals surface area contributed by atoms with E-state index < -0.39 is 6.29 Å². The van der Waals surface area contributed by atoms with Gasteiger partial charge in [0.25, 0.3) is 0 Å². The van der Waals surface area contributed by atoms with E-state index in [1.807, 2.05) is 32.9 Å². The van der Waals surface area contributed by atoms with Gasteiger partial charge < -0.3 is 10.2 Å². The van der Waals surface area contributed by atoms with Crippen molar-refractivity contribution in [3.63, 3.8) is 0 Å². The Kier molecular flexibility index (Phi) is 2.50. The van der Waals surface area contributed by atoms with E-state index in [-0.39, 0.29) is 0 Å². The lowest BCUT2D eigenvalue weighted by Gasteiger charge is -2.13. The highest BCUT2D eigenvalue weighted by atomic mass is 16.5. The van der Waals surface area contributed by atoms with Crippen molar-refractivity contribution in [2.75, 3.05) is 0 Å². The fraction of sp³-hybridized carbons (Fsp3) is 0.400. The zero-order valence-electron chi connectivity index (χ0n) is 7.63. The third kappa shape index (κ3) is 1.49. The highest BCUT2D eigenvalue weighted by molar-refractivity contribution is 5.39. The van der Waals surface area contributed by atoms with Crippen LogP contribution in [0, 0.1) is 20.8 Å². The van der Waals surface area contributed by atoms with E-state index in [4.69, 9.17) is 10.2 Å². The van der Waals surface area contributed by atoms with E-state index in [9.17, 15) is 0 Å². The number of hydrogen-bond donors (Lipinski definition) is 2. The normalized spacial score (nSPS) is 10.8. The topological polar surface area (TPSA) is 40.5 Å². The van der Waals surface area contributed by atoms with Gasteiger partial charge >= 0.3 is 0 Å². The Hall–Kier alpha value is -0.860. The second-order valence-electron chi connectivity index (χ2n) is 3.11. The van der Waals surface area contributed by atoms with E-state index in [0.29, 0.717) is 5.56 Å². The Morgan fingerprint density at radius 2 is 1.50 bits per heavy atom. The molecule has 1 aromatic carbocycles. The Morgan fingerprint density at radius 1 is 1.00 bits per heavy atom. The van der Waals surface area contributed by atoms with Crippen LogP contribution in [0.15, 0.2) is 12.1 Å². The molecule has 1 aromatic rings. The molecule has 0 aromatic heterocycles. The zero-order valence-corrected chi connectivity index (χ0v) is 7.63. The Bertz CT molecular complexity index is 290. The third-order valence-corrected chi connectivity index (χ3v) is 2.26. The molecule has 12 heavy (non-hydrogen) atoms. The van der Waals surface area contributed by atoms with Crippen LogP contribution in [0.4, 0.5) is 0 Å². The van der Waals surface area contributed by atoms with Gasteiger partial charge in [-0.25, -0.2) is 0 Å². The van der Waals surface area contributed by atoms with E-state index in [1.165, 1.54) is 0 Å². The van der Waals surface area contributed by atoms with Gasteiger partial charge in [0.15, 0.2) is 6.29 Å². The maximum absolute atomic E-state index is 9.07. The molecule has 66 valence electrons. The van der Waals surface area contributed by atoms with Crippen molar-refractivity contribution in [2.45, 2.75) is 27.1 Å². The number of aliphatic hydroxyl groups is 2. The second kappa shape index (κ2) is 3.25. The molecule has 0 radical (unpaired) electrons. The van der Waals surface area contributed by atoms with Crippen LogP contribution >= 0.6 is 0 Å². The Morgan fingerprint density at radius 3 is 1.92 bits per heavy atom. The molecule has 0 fully saturated rings. The minimum absolute atomic E-state index is 0.634. The summed E-state index contributed by atoms with van der Waals surface area (Å²) in [6, 6.07) is 3.88. The van der Waals surface area contributed by atoms with E-state index in [0.717, 1.165) is 16.7 Å². The summed E-state index contributed by atoms with van der Waals surface area (Å²) in [5, 5.41) is 18.1. The van der Waals surface area contributed by atoms with Crippen LogP contribution in [0.3, 0.4) is 0 Å². The molecule has 0 aliphatic carbocycles. The predicted molar refractivity (Wildman–Crippen MR) is 47.8 cm³/mol. The van der Waals surface area contributed by atoms with Crippen molar-refractivity contribution >= 4 is 0 Å². The fourth-order valence-corrected chi connectivity index (χ4v) is 1.37. The molecule has 2 heteroatoms. The van der Waals surface area contributed by atoms with E-state index >= 15 is 0 Å². The molecule has 2 N–H and O–H groups in total. The Labute approximate surface area is 72.5 Å². The second-order valence-corrected chi connectivity index (χ2v) is 3.11. The van der Waals surface area contributed by atoms with Gasteiger partial charge in [-0.1, -0.05) is 12.1 Å². The fourth-order valence-electron chi connectivity index (χ4n) is 1.37. The maximum atomic E-state index is 9.07. The van der Waals surface area contributed by atoms with Crippen LogP contribution < -0.4 is 0 Å². The molecule has 0 atom stereocenters. The van der Waals surface area contributed by atoms with Crippen LogP contribution in [-0.4, -0.2) is 10.2 Å². The van der Waals surface area contributed by atoms with Crippen molar-refractivity contribution in [2.24, 2.45) is 0 Å². The van der Waals surface area contributed by atoms with E-state index in [1.54, 1.807) is 0 Å². The quantitative estimate of drug-likeness (QED) is 0.622. The summed E-state index contributed by atoms with van der Waals surface area (Å²) < 4.78 is 0. The van der Waals surface area contributed by atoms with Gasteiger partial charge in [-0.15, -0.1) is 0 Å². The van der Waals surface area contributed by atoms with Crippen molar-refractivity contribution in [3.8, 4) is 0 Å². The molecule has 0 aliphatic heterocycles. The molecule has 0 amide bonds. The number of aliphatic hydroxyl groups excluding tert-OH is 1. The Balaban J connectivity index is 3.33. The molecule has 0 saturated carbocycles. The summed E-state index contributed by atoms with van der Waals surface area (Å²) in [7, 11) is 0. The largest absolute Gasteiger partial charge is 0.364 e. The number of rotatable bonds is 1. The molecule has 2 nitrogen and oxygen atoms in total. The lowest BCUT2D eigenvalue weighted by atomic mass is 9.98. The molecule has 0 aliphatic rings. The van der Waals surface area contributed by atoms with Gasteiger partial charge in [0.1, 0.15) is 0 Å². The standard InChI is InChI=1S/C10H14O2/c1-6-4-5-7(2)9(8(6)3)10(11)12/h4-5,10-12H,1-3H3. The first kappa shape index (κ1) is 9.23. The van der Waals surface area contributed by atoms with Crippen molar-refractivity contribution < 1.29 is 10.2 Å². The monoisotopic (exact) mass is 166 g/mol. The van der Waals surface area contributed by atoms with Gasteiger partial charge in [0.05, 0.1) is 0 Å². The molecular formula is C10H14O2. The lowest BCUT2D eigenvalue weighted by molar-refractivity contribution is -0.0434. The first-order valence-corrected chi connectivity index (χ1v) is 3.97. The first-order valence-electron chi connectivity index (χ1n) is 3.97. The number of hydrogen-bond acceptors (Lipinski definition) is 2. The summed E-state index contributed by atoms with van der Waals surface area (Å²) in [5.74, 6) is 0. The van der Waals surface area contributed by atoms with Gasteiger partial charge in [-0.2, -0.15) is 0 Å². The molecule has 0 heterocycles. The first-order chi connectivity index (χ1) is 5.54. The van der Waals surface area contributed by atoms with Crippen molar-refractivity contribution in [1.29, 1.82) is 0 Å². The van der Waals surface area contributed by atoms with Crippen LogP contribution in [0.25, 0.3) is 0 Å². The average molecular weight is 166 g/mol. The van der Waals surface area contributed by atoms with E-state index in [2.05, 4.69) is 0 Å². The van der Waals surface area contributed by atoms with Gasteiger partial charge in [-0.3, -0.25) is 0 Å². The number of benzene rings is 1. The lowest BCUT2D eigenvalue weighted by Crippen LogP contribution is -2.02. The summed E-state index contributed by atoms with van der Waals surface area (Å²) >= 11 is 0. The predicted octanol–water partition coefficient (Wildman–Crippen LogP) is 1.60. The SMILES string of the molecule is Cc1ccc(C)c(C(O)O)c1C. The summed E-state index contributed by atoms with van der Waals surface area (Å²) in [5.41, 5.74) is 3.61. The summed E-state index contributed by atoms with van der Waals surface area (Å²) in [6.45, 7) is 5.74. The molecule has 0 bridgehead atoms. The highest BCUT2D eigenvalue weighted by Gasteiger charge is 2.10. The minimum Gasteiger partial charge on any atom is -0.364 e. The molecular weight excluding hydrogens is 152 g/mol. The minimum atomic E-state index is -1.36. The summed E-state index contributed by atoms with van der Waals surface area (Å²) in [6.07, 6.45) is -1.36. The molecule has 0 spiro atoms. The van der Waals surface area contributed by atoms with Gasteiger partial charge in [0, 0.05) is 5.56 Å². The van der Waals surface area contributed by atoms with Crippen LogP contribution in [0.2, 0.25) is 0 Å². The third-order valence-electron chi connectivity index (χ3n) is 2.26. The summed E-state index contributed by atoms with van der Waals surface area (Å²) in [4.78, 5) is 0. The number of aryl methyl sites for hydroxylation is 2. The van der Waals surface area contributed by atoms with Gasteiger partial charge in [-0.05, 0) is 37.5 Å². The molecule has 0 saturated heterocycles. The van der Waals surface area contributed by atoms with Crippen LogP contribution in [0.5, 0.6) is 0 Å². The average Bonchev–Trinajstić information content (AvgIpc) is 1.97. The van der Waals surface area contributed by atoms with Crippen LogP contribution in [0.1, 0.15) is 28.5 Å². The van der Waals surface area contributed by atoms with Gasteiger partial charge in [0.2, 0.25) is 0 Å². The van der Waals surface area contributed by atoms with Crippen LogP contribution in [-0.2, 0) is 0 Å². The maximum Gasteiger partial charge on any atom is 0.178 e. The smallest absolute Gasteiger partial charge is 0.178 e. The van der Waals surface area contributed by atoms with Crippen molar-refractivity contribution in [1.82, 2.24) is 0 Å². The molecule has 0 unspecified atom stereocenters.